The first kappa shape index (κ1) is 13.9. The summed E-state index contributed by atoms with van der Waals surface area (Å²) in [4.78, 5) is 6.78. The molecule has 0 aromatic carbocycles. The molecule has 4 nitrogen and oxygen atoms in total. The molecule has 4 heteroatoms. The van der Waals surface area contributed by atoms with E-state index in [0.717, 1.165) is 43.0 Å². The van der Waals surface area contributed by atoms with Crippen LogP contribution in [0.25, 0.3) is 0 Å². The molecule has 0 saturated carbocycles. The van der Waals surface area contributed by atoms with Crippen LogP contribution in [0.5, 0.6) is 0 Å². The van der Waals surface area contributed by atoms with Crippen LogP contribution in [-0.4, -0.2) is 28.3 Å². The molecule has 0 bridgehead atoms. The van der Waals surface area contributed by atoms with Gasteiger partial charge in [0.2, 0.25) is 5.95 Å². The van der Waals surface area contributed by atoms with Crippen molar-refractivity contribution in [1.82, 2.24) is 15.2 Å². The Balaban J connectivity index is 2.98. The van der Waals surface area contributed by atoms with Gasteiger partial charge in [0.15, 0.2) is 0 Å². The van der Waals surface area contributed by atoms with E-state index in [2.05, 4.69) is 54.8 Å². The Morgan fingerprint density at radius 1 is 0.941 bits per heavy atom. The molecule has 0 saturated heterocycles. The first-order valence-electron chi connectivity index (χ1n) is 6.63. The molecule has 1 heterocycles. The smallest absolute Gasteiger partial charge is 0.245 e. The quantitative estimate of drug-likeness (QED) is 0.761. The monoisotopic (exact) mass is 236 g/mol. The average Bonchev–Trinajstić information content (AvgIpc) is 2.39. The lowest BCUT2D eigenvalue weighted by molar-refractivity contribution is 0.574. The van der Waals surface area contributed by atoms with Crippen LogP contribution in [0.2, 0.25) is 0 Å². The van der Waals surface area contributed by atoms with Crippen LogP contribution >= 0.6 is 0 Å². The van der Waals surface area contributed by atoms with Crippen LogP contribution in [0, 0.1) is 0 Å². The highest BCUT2D eigenvalue weighted by Crippen LogP contribution is 2.15. The maximum atomic E-state index is 4.63. The zero-order valence-corrected chi connectivity index (χ0v) is 11.7. The first-order chi connectivity index (χ1) is 8.17. The van der Waals surface area contributed by atoms with E-state index in [1.165, 1.54) is 0 Å². The van der Waals surface area contributed by atoms with Crippen molar-refractivity contribution in [2.45, 2.75) is 59.4 Å². The molecule has 0 radical (unpaired) electrons. The van der Waals surface area contributed by atoms with E-state index < -0.39 is 0 Å². The van der Waals surface area contributed by atoms with Crippen molar-refractivity contribution in [2.75, 3.05) is 11.9 Å². The summed E-state index contributed by atoms with van der Waals surface area (Å²) in [7, 11) is 2.06. The number of hydrogen-bond acceptors (Lipinski definition) is 4. The summed E-state index contributed by atoms with van der Waals surface area (Å²) in [5.41, 5.74) is 2.10. The second-order valence-electron chi connectivity index (χ2n) is 4.29. The van der Waals surface area contributed by atoms with Gasteiger partial charge in [-0.2, -0.15) is 5.10 Å². The third kappa shape index (κ3) is 3.14. The van der Waals surface area contributed by atoms with Crippen molar-refractivity contribution in [3.05, 3.63) is 11.4 Å². The van der Waals surface area contributed by atoms with E-state index >= 15 is 0 Å². The molecule has 1 rings (SSSR count). The summed E-state index contributed by atoms with van der Waals surface area (Å²) in [5.74, 6) is 0.757. The van der Waals surface area contributed by atoms with Gasteiger partial charge in [-0.15, -0.1) is 5.10 Å². The number of aryl methyl sites for hydroxylation is 2. The van der Waals surface area contributed by atoms with Gasteiger partial charge in [-0.05, 0) is 25.7 Å². The Morgan fingerprint density at radius 3 is 2.00 bits per heavy atom. The topological polar surface area (TPSA) is 41.9 Å². The van der Waals surface area contributed by atoms with Gasteiger partial charge in [-0.1, -0.05) is 27.7 Å². The molecular weight excluding hydrogens is 212 g/mol. The van der Waals surface area contributed by atoms with Crippen LogP contribution in [0.3, 0.4) is 0 Å². The molecule has 1 aromatic heterocycles. The summed E-state index contributed by atoms with van der Waals surface area (Å²) in [6.07, 6.45) is 4.03. The summed E-state index contributed by atoms with van der Waals surface area (Å²) in [6, 6.07) is 0.494. The standard InChI is InChI=1S/C13H24N4/c1-6-10(7-2)17(5)13-14-11(8-3)12(9-4)15-16-13/h10H,6-9H2,1-5H3. The number of anilines is 1. The van der Waals surface area contributed by atoms with Gasteiger partial charge in [0.25, 0.3) is 0 Å². The van der Waals surface area contributed by atoms with E-state index in [9.17, 15) is 0 Å². The summed E-state index contributed by atoms with van der Waals surface area (Å²) < 4.78 is 0. The molecule has 0 aliphatic heterocycles. The highest BCUT2D eigenvalue weighted by Gasteiger charge is 2.15. The van der Waals surface area contributed by atoms with Crippen molar-refractivity contribution in [3.8, 4) is 0 Å². The van der Waals surface area contributed by atoms with Crippen molar-refractivity contribution in [1.29, 1.82) is 0 Å². The van der Waals surface area contributed by atoms with Gasteiger partial charge in [0, 0.05) is 13.1 Å². The third-order valence-corrected chi connectivity index (χ3v) is 3.30. The van der Waals surface area contributed by atoms with Crippen molar-refractivity contribution in [3.63, 3.8) is 0 Å². The van der Waals surface area contributed by atoms with E-state index in [-0.39, 0.29) is 0 Å². The van der Waals surface area contributed by atoms with Crippen molar-refractivity contribution < 1.29 is 0 Å². The molecule has 0 atom stereocenters. The molecule has 0 unspecified atom stereocenters. The molecular formula is C13H24N4. The van der Waals surface area contributed by atoms with Gasteiger partial charge in [0.1, 0.15) is 0 Å². The fourth-order valence-electron chi connectivity index (χ4n) is 2.08. The van der Waals surface area contributed by atoms with E-state index in [1.807, 2.05) is 0 Å². The van der Waals surface area contributed by atoms with Crippen LogP contribution in [-0.2, 0) is 12.8 Å². The number of rotatable bonds is 6. The lowest BCUT2D eigenvalue weighted by Gasteiger charge is -2.26. The zero-order valence-electron chi connectivity index (χ0n) is 11.7. The minimum atomic E-state index is 0.494. The fourth-order valence-corrected chi connectivity index (χ4v) is 2.08. The Hall–Kier alpha value is -1.19. The second kappa shape index (κ2) is 6.52. The number of hydrogen-bond donors (Lipinski definition) is 0. The fraction of sp³-hybridized carbons (Fsp3) is 0.769. The Morgan fingerprint density at radius 2 is 1.53 bits per heavy atom. The van der Waals surface area contributed by atoms with Gasteiger partial charge in [0.05, 0.1) is 11.4 Å². The van der Waals surface area contributed by atoms with Crippen LogP contribution in [0.1, 0.15) is 51.9 Å². The predicted octanol–water partition coefficient (Wildman–Crippen LogP) is 2.62. The lowest BCUT2D eigenvalue weighted by atomic mass is 10.1. The molecule has 0 aliphatic rings. The lowest BCUT2D eigenvalue weighted by Crippen LogP contribution is -2.32. The maximum absolute atomic E-state index is 4.63. The molecule has 0 spiro atoms. The van der Waals surface area contributed by atoms with Gasteiger partial charge < -0.3 is 4.90 Å². The largest absolute Gasteiger partial charge is 0.340 e. The number of nitrogens with zero attached hydrogens (tertiary/aromatic N) is 4. The maximum Gasteiger partial charge on any atom is 0.245 e. The average molecular weight is 236 g/mol. The van der Waals surface area contributed by atoms with E-state index in [1.54, 1.807) is 0 Å². The molecule has 1 aromatic rings. The molecule has 0 amide bonds. The van der Waals surface area contributed by atoms with Gasteiger partial charge in [-0.25, -0.2) is 4.98 Å². The van der Waals surface area contributed by atoms with Crippen LogP contribution < -0.4 is 4.90 Å². The molecule has 17 heavy (non-hydrogen) atoms. The highest BCUT2D eigenvalue weighted by molar-refractivity contribution is 5.30. The van der Waals surface area contributed by atoms with Crippen molar-refractivity contribution >= 4 is 5.95 Å². The highest BCUT2D eigenvalue weighted by atomic mass is 15.3. The first-order valence-corrected chi connectivity index (χ1v) is 6.63. The van der Waals surface area contributed by atoms with Crippen LogP contribution in [0.15, 0.2) is 0 Å². The summed E-state index contributed by atoms with van der Waals surface area (Å²) in [6.45, 7) is 8.59. The predicted molar refractivity (Wildman–Crippen MR) is 71.4 cm³/mol. The minimum absolute atomic E-state index is 0.494. The SMILES string of the molecule is CCc1nnc(N(C)C(CC)CC)nc1CC. The zero-order chi connectivity index (χ0) is 12.8. The minimum Gasteiger partial charge on any atom is -0.340 e. The molecule has 0 N–H and O–H groups in total. The molecule has 0 fully saturated rings. The Labute approximate surface area is 104 Å². The Bertz CT molecular complexity index is 347. The number of aromatic nitrogens is 3. The summed E-state index contributed by atoms with van der Waals surface area (Å²) in [5, 5.41) is 8.53. The van der Waals surface area contributed by atoms with Crippen LogP contribution in [0.4, 0.5) is 5.95 Å². The van der Waals surface area contributed by atoms with Crippen molar-refractivity contribution in [2.24, 2.45) is 0 Å². The second-order valence-corrected chi connectivity index (χ2v) is 4.29. The third-order valence-electron chi connectivity index (χ3n) is 3.30. The molecule has 0 aliphatic carbocycles. The molecule has 96 valence electrons. The van der Waals surface area contributed by atoms with E-state index in [4.69, 9.17) is 0 Å². The Kier molecular flexibility index (Phi) is 5.32. The van der Waals surface area contributed by atoms with Gasteiger partial charge >= 0.3 is 0 Å². The normalized spacial score (nSPS) is 10.9. The summed E-state index contributed by atoms with van der Waals surface area (Å²) >= 11 is 0. The van der Waals surface area contributed by atoms with E-state index in [0.29, 0.717) is 6.04 Å². The van der Waals surface area contributed by atoms with Gasteiger partial charge in [-0.3, -0.25) is 0 Å².